The Morgan fingerprint density at radius 2 is 1.68 bits per heavy atom. The van der Waals surface area contributed by atoms with E-state index in [1.807, 2.05) is 43.3 Å². The highest BCUT2D eigenvalue weighted by atomic mass is 16.1. The van der Waals surface area contributed by atoms with E-state index in [0.29, 0.717) is 33.7 Å². The van der Waals surface area contributed by atoms with Crippen molar-refractivity contribution in [2.45, 2.75) is 13.8 Å². The molecule has 1 N–H and O–H groups in total. The molecule has 5 heteroatoms. The lowest BCUT2D eigenvalue weighted by molar-refractivity contribution is 0.102. The second kappa shape index (κ2) is 7.12. The molecule has 0 aliphatic rings. The third-order valence-electron chi connectivity index (χ3n) is 4.62. The molecule has 0 saturated heterocycles. The molecule has 0 aliphatic heterocycles. The highest BCUT2D eigenvalue weighted by molar-refractivity contribution is 6.04. The molecule has 28 heavy (non-hydrogen) atoms. The molecular formula is C23H19N3O2. The van der Waals surface area contributed by atoms with Crippen LogP contribution in [0.1, 0.15) is 21.7 Å². The van der Waals surface area contributed by atoms with Gasteiger partial charge in [-0.3, -0.25) is 14.2 Å². The predicted molar refractivity (Wildman–Crippen MR) is 111 cm³/mol. The van der Waals surface area contributed by atoms with E-state index < -0.39 is 0 Å². The topological polar surface area (TPSA) is 64.0 Å². The van der Waals surface area contributed by atoms with E-state index in [1.165, 1.54) is 0 Å². The van der Waals surface area contributed by atoms with Crippen molar-refractivity contribution in [3.05, 3.63) is 100 Å². The Kier molecular flexibility index (Phi) is 4.49. The van der Waals surface area contributed by atoms with E-state index in [0.717, 1.165) is 5.56 Å². The number of aryl methyl sites for hydroxylation is 2. The standard InChI is InChI=1S/C23H19N3O2/c1-15-10-12-17(13-11-15)22(27)25-18-6-5-7-19(14-18)26-16(2)24-21-9-4-3-8-20(21)23(26)28/h3-14H,1-2H3,(H,25,27). The van der Waals surface area contributed by atoms with Crippen LogP contribution in [-0.4, -0.2) is 15.5 Å². The zero-order valence-corrected chi connectivity index (χ0v) is 15.6. The summed E-state index contributed by atoms with van der Waals surface area (Å²) in [6, 6.07) is 21.9. The van der Waals surface area contributed by atoms with E-state index in [2.05, 4.69) is 10.3 Å². The molecule has 0 unspecified atom stereocenters. The largest absolute Gasteiger partial charge is 0.322 e. The normalized spacial score (nSPS) is 10.8. The Labute approximate surface area is 162 Å². The van der Waals surface area contributed by atoms with Crippen LogP contribution in [0.2, 0.25) is 0 Å². The van der Waals surface area contributed by atoms with Gasteiger partial charge in [-0.05, 0) is 56.3 Å². The lowest BCUT2D eigenvalue weighted by atomic mass is 10.1. The van der Waals surface area contributed by atoms with Gasteiger partial charge in [0.25, 0.3) is 11.5 Å². The van der Waals surface area contributed by atoms with Gasteiger partial charge in [-0.25, -0.2) is 4.98 Å². The highest BCUT2D eigenvalue weighted by Gasteiger charge is 2.11. The minimum Gasteiger partial charge on any atom is -0.322 e. The number of aromatic nitrogens is 2. The number of hydrogen-bond acceptors (Lipinski definition) is 3. The summed E-state index contributed by atoms with van der Waals surface area (Å²) in [4.78, 5) is 30.0. The van der Waals surface area contributed by atoms with Crippen molar-refractivity contribution in [2.24, 2.45) is 0 Å². The van der Waals surface area contributed by atoms with Crippen molar-refractivity contribution in [3.8, 4) is 5.69 Å². The number of amides is 1. The molecule has 1 aromatic heterocycles. The zero-order chi connectivity index (χ0) is 19.7. The van der Waals surface area contributed by atoms with Crippen molar-refractivity contribution >= 4 is 22.5 Å². The van der Waals surface area contributed by atoms with Crippen LogP contribution < -0.4 is 10.9 Å². The Hall–Kier alpha value is -3.73. The average Bonchev–Trinajstić information content (AvgIpc) is 2.69. The maximum atomic E-state index is 13.0. The Balaban J connectivity index is 1.71. The number of benzene rings is 3. The fourth-order valence-corrected chi connectivity index (χ4v) is 3.18. The molecule has 0 saturated carbocycles. The molecule has 4 rings (SSSR count). The van der Waals surface area contributed by atoms with Gasteiger partial charge >= 0.3 is 0 Å². The van der Waals surface area contributed by atoms with Gasteiger partial charge in [0.2, 0.25) is 0 Å². The number of para-hydroxylation sites is 1. The fraction of sp³-hybridized carbons (Fsp3) is 0.0870. The second-order valence-electron chi connectivity index (χ2n) is 6.69. The Morgan fingerprint density at radius 1 is 0.929 bits per heavy atom. The minimum atomic E-state index is -0.196. The number of hydrogen-bond donors (Lipinski definition) is 1. The van der Waals surface area contributed by atoms with Gasteiger partial charge in [0.05, 0.1) is 16.6 Å². The van der Waals surface area contributed by atoms with Gasteiger partial charge in [0.15, 0.2) is 0 Å². The third kappa shape index (κ3) is 3.30. The summed E-state index contributed by atoms with van der Waals surface area (Å²) in [5.74, 6) is 0.392. The van der Waals surface area contributed by atoms with Gasteiger partial charge in [-0.1, -0.05) is 35.9 Å². The molecule has 3 aromatic carbocycles. The Morgan fingerprint density at radius 3 is 2.46 bits per heavy atom. The summed E-state index contributed by atoms with van der Waals surface area (Å²) in [6.45, 7) is 3.77. The fourth-order valence-electron chi connectivity index (χ4n) is 3.18. The smallest absolute Gasteiger partial charge is 0.265 e. The third-order valence-corrected chi connectivity index (χ3v) is 4.62. The number of nitrogens with one attached hydrogen (secondary N) is 1. The molecular weight excluding hydrogens is 350 g/mol. The first-order valence-corrected chi connectivity index (χ1v) is 9.00. The lowest BCUT2D eigenvalue weighted by Crippen LogP contribution is -2.22. The van der Waals surface area contributed by atoms with Crippen LogP contribution in [0, 0.1) is 13.8 Å². The van der Waals surface area contributed by atoms with Gasteiger partial charge < -0.3 is 5.32 Å². The molecule has 0 atom stereocenters. The van der Waals surface area contributed by atoms with Gasteiger partial charge in [-0.15, -0.1) is 0 Å². The van der Waals surface area contributed by atoms with Crippen LogP contribution in [-0.2, 0) is 0 Å². The van der Waals surface area contributed by atoms with E-state index in [4.69, 9.17) is 0 Å². The molecule has 0 fully saturated rings. The molecule has 0 spiro atoms. The van der Waals surface area contributed by atoms with Crippen molar-refractivity contribution in [3.63, 3.8) is 0 Å². The molecule has 5 nitrogen and oxygen atoms in total. The van der Waals surface area contributed by atoms with Gasteiger partial charge in [0, 0.05) is 11.3 Å². The first kappa shape index (κ1) is 17.7. The maximum absolute atomic E-state index is 13.0. The number of anilines is 1. The molecule has 0 aliphatic carbocycles. The molecule has 0 bridgehead atoms. The number of carbonyl (C=O) groups is 1. The SMILES string of the molecule is Cc1ccc(C(=O)Nc2cccc(-n3c(C)nc4ccccc4c3=O)c2)cc1. The lowest BCUT2D eigenvalue weighted by Gasteiger charge is -2.12. The van der Waals surface area contributed by atoms with E-state index in [-0.39, 0.29) is 11.5 Å². The molecule has 1 amide bonds. The van der Waals surface area contributed by atoms with E-state index >= 15 is 0 Å². The molecule has 1 heterocycles. The van der Waals surface area contributed by atoms with Crippen molar-refractivity contribution in [1.82, 2.24) is 9.55 Å². The molecule has 4 aromatic rings. The van der Waals surface area contributed by atoms with Crippen molar-refractivity contribution in [1.29, 1.82) is 0 Å². The maximum Gasteiger partial charge on any atom is 0.265 e. The number of rotatable bonds is 3. The predicted octanol–water partition coefficient (Wildman–Crippen LogP) is 4.25. The second-order valence-corrected chi connectivity index (χ2v) is 6.69. The number of carbonyl (C=O) groups excluding carboxylic acids is 1. The summed E-state index contributed by atoms with van der Waals surface area (Å²) in [7, 11) is 0. The number of fused-ring (bicyclic) bond motifs is 1. The first-order chi connectivity index (χ1) is 13.5. The van der Waals surface area contributed by atoms with Crippen molar-refractivity contribution < 1.29 is 4.79 Å². The summed E-state index contributed by atoms with van der Waals surface area (Å²) < 4.78 is 1.56. The monoisotopic (exact) mass is 369 g/mol. The van der Waals surface area contributed by atoms with Gasteiger partial charge in [-0.2, -0.15) is 0 Å². The van der Waals surface area contributed by atoms with Crippen LogP contribution in [0.15, 0.2) is 77.6 Å². The summed E-state index contributed by atoms with van der Waals surface area (Å²) in [6.07, 6.45) is 0. The minimum absolute atomic E-state index is 0.134. The summed E-state index contributed by atoms with van der Waals surface area (Å²) in [5.41, 5.74) is 3.48. The van der Waals surface area contributed by atoms with Crippen LogP contribution in [0.25, 0.3) is 16.6 Å². The highest BCUT2D eigenvalue weighted by Crippen LogP contribution is 2.17. The molecule has 138 valence electrons. The average molecular weight is 369 g/mol. The Bertz CT molecular complexity index is 1240. The van der Waals surface area contributed by atoms with E-state index in [1.54, 1.807) is 47.9 Å². The van der Waals surface area contributed by atoms with Crippen molar-refractivity contribution in [2.75, 3.05) is 5.32 Å². The van der Waals surface area contributed by atoms with Crippen LogP contribution in [0.5, 0.6) is 0 Å². The number of nitrogens with zero attached hydrogens (tertiary/aromatic N) is 2. The van der Waals surface area contributed by atoms with Gasteiger partial charge in [0.1, 0.15) is 5.82 Å². The van der Waals surface area contributed by atoms with Crippen LogP contribution in [0.4, 0.5) is 5.69 Å². The van der Waals surface area contributed by atoms with E-state index in [9.17, 15) is 9.59 Å². The molecule has 0 radical (unpaired) electrons. The first-order valence-electron chi connectivity index (χ1n) is 9.00. The van der Waals surface area contributed by atoms with Crippen LogP contribution in [0.3, 0.4) is 0 Å². The summed E-state index contributed by atoms with van der Waals surface area (Å²) in [5, 5.41) is 3.45. The zero-order valence-electron chi connectivity index (χ0n) is 15.6. The summed E-state index contributed by atoms with van der Waals surface area (Å²) >= 11 is 0. The quantitative estimate of drug-likeness (QED) is 0.587. The van der Waals surface area contributed by atoms with Crippen LogP contribution >= 0.6 is 0 Å².